The second-order valence-corrected chi connectivity index (χ2v) is 4.03. The number of carbonyl (C=O) groups excluding carboxylic acids is 1. The van der Waals surface area contributed by atoms with Gasteiger partial charge < -0.3 is 16.2 Å². The fourth-order valence-corrected chi connectivity index (χ4v) is 1.57. The smallest absolute Gasteiger partial charge is 0.356 e. The van der Waals surface area contributed by atoms with E-state index in [4.69, 9.17) is 11.5 Å². The molecule has 0 aromatic heterocycles. The molecule has 0 heterocycles. The van der Waals surface area contributed by atoms with E-state index in [0.717, 1.165) is 0 Å². The van der Waals surface area contributed by atoms with Gasteiger partial charge in [0.2, 0.25) is 0 Å². The highest BCUT2D eigenvalue weighted by atomic mass is 19.1. The van der Waals surface area contributed by atoms with Crippen LogP contribution >= 0.6 is 0 Å². The molecule has 0 bridgehead atoms. The Bertz CT molecular complexity index is 553. The van der Waals surface area contributed by atoms with Gasteiger partial charge in [0, 0.05) is 5.56 Å². The molecular formula is C14H18FN3O2. The topological polar surface area (TPSA) is 90.7 Å². The Labute approximate surface area is 117 Å². The number of benzene rings is 1. The van der Waals surface area contributed by atoms with Crippen LogP contribution in [-0.2, 0) is 16.1 Å². The van der Waals surface area contributed by atoms with Crippen molar-refractivity contribution in [3.8, 4) is 0 Å². The largest absolute Gasteiger partial charge is 0.464 e. The van der Waals surface area contributed by atoms with Crippen LogP contribution in [0.25, 0.3) is 0 Å². The molecule has 1 rings (SSSR count). The first kappa shape index (κ1) is 15.7. The van der Waals surface area contributed by atoms with E-state index in [1.807, 2.05) is 6.92 Å². The summed E-state index contributed by atoms with van der Waals surface area (Å²) in [6.07, 6.45) is 0.470. The van der Waals surface area contributed by atoms with E-state index >= 15 is 0 Å². The maximum atomic E-state index is 13.5. The van der Waals surface area contributed by atoms with Crippen molar-refractivity contribution in [1.29, 1.82) is 0 Å². The number of nitrogens with zero attached hydrogens (tertiary/aromatic N) is 1. The number of esters is 1. The molecule has 0 atom stereocenters. The van der Waals surface area contributed by atoms with Gasteiger partial charge in [-0.3, -0.25) is 4.99 Å². The Kier molecular flexibility index (Phi) is 5.71. The Balaban J connectivity index is 2.99. The van der Waals surface area contributed by atoms with Crippen LogP contribution in [0.2, 0.25) is 0 Å². The standard InChI is InChI=1S/C14H18FN3O2/c1-3-11(12(16)13(17)14(19)20-2)18-8-9-6-4-5-7-10(9)15/h4-7H,3,8,16-17H2,1-2H3/b13-12+,18-11?. The summed E-state index contributed by atoms with van der Waals surface area (Å²) >= 11 is 0. The highest BCUT2D eigenvalue weighted by Gasteiger charge is 2.13. The van der Waals surface area contributed by atoms with Crippen LogP contribution in [0.15, 0.2) is 40.7 Å². The predicted molar refractivity (Wildman–Crippen MR) is 75.2 cm³/mol. The number of methoxy groups -OCH3 is 1. The monoisotopic (exact) mass is 279 g/mol. The Morgan fingerprint density at radius 2 is 1.95 bits per heavy atom. The fourth-order valence-electron chi connectivity index (χ4n) is 1.57. The first-order valence-corrected chi connectivity index (χ1v) is 6.11. The van der Waals surface area contributed by atoms with Gasteiger partial charge in [-0.15, -0.1) is 0 Å². The number of carbonyl (C=O) groups is 1. The van der Waals surface area contributed by atoms with Crippen LogP contribution in [0, 0.1) is 5.82 Å². The molecule has 1 aromatic rings. The molecule has 0 aliphatic rings. The second-order valence-electron chi connectivity index (χ2n) is 4.03. The number of hydrogen-bond acceptors (Lipinski definition) is 5. The third kappa shape index (κ3) is 3.81. The average Bonchev–Trinajstić information content (AvgIpc) is 2.47. The molecule has 0 saturated heterocycles. The van der Waals surface area contributed by atoms with Gasteiger partial charge >= 0.3 is 5.97 Å². The van der Waals surface area contributed by atoms with Gasteiger partial charge in [-0.05, 0) is 12.5 Å². The second kappa shape index (κ2) is 7.28. The minimum absolute atomic E-state index is 0.0655. The van der Waals surface area contributed by atoms with Crippen molar-refractivity contribution in [2.24, 2.45) is 16.5 Å². The van der Waals surface area contributed by atoms with Crippen LogP contribution < -0.4 is 11.5 Å². The Morgan fingerprint density at radius 1 is 1.30 bits per heavy atom. The van der Waals surface area contributed by atoms with E-state index in [-0.39, 0.29) is 23.8 Å². The zero-order chi connectivity index (χ0) is 15.1. The zero-order valence-electron chi connectivity index (χ0n) is 11.5. The van der Waals surface area contributed by atoms with Gasteiger partial charge in [0.1, 0.15) is 11.5 Å². The summed E-state index contributed by atoms with van der Waals surface area (Å²) in [7, 11) is 1.21. The summed E-state index contributed by atoms with van der Waals surface area (Å²) in [5.74, 6) is -1.05. The van der Waals surface area contributed by atoms with Crippen molar-refractivity contribution >= 4 is 11.7 Å². The molecular weight excluding hydrogens is 261 g/mol. The van der Waals surface area contributed by atoms with E-state index in [1.54, 1.807) is 18.2 Å². The fraction of sp³-hybridized carbons (Fsp3) is 0.286. The molecule has 0 aliphatic carbocycles. The molecule has 0 fully saturated rings. The molecule has 0 radical (unpaired) electrons. The summed E-state index contributed by atoms with van der Waals surface area (Å²) in [5.41, 5.74) is 12.1. The number of allylic oxidation sites excluding steroid dienone is 1. The van der Waals surface area contributed by atoms with Crippen LogP contribution in [-0.4, -0.2) is 18.8 Å². The van der Waals surface area contributed by atoms with Crippen molar-refractivity contribution < 1.29 is 13.9 Å². The lowest BCUT2D eigenvalue weighted by Gasteiger charge is -2.08. The predicted octanol–water partition coefficient (Wildman–Crippen LogP) is 1.48. The van der Waals surface area contributed by atoms with Crippen LogP contribution in [0.4, 0.5) is 4.39 Å². The lowest BCUT2D eigenvalue weighted by molar-refractivity contribution is -0.136. The highest BCUT2D eigenvalue weighted by molar-refractivity contribution is 6.05. The lowest BCUT2D eigenvalue weighted by Crippen LogP contribution is -2.24. The number of rotatable bonds is 5. The zero-order valence-corrected chi connectivity index (χ0v) is 11.5. The van der Waals surface area contributed by atoms with Gasteiger partial charge in [-0.25, -0.2) is 9.18 Å². The Hall–Kier alpha value is -2.37. The van der Waals surface area contributed by atoms with E-state index in [0.29, 0.717) is 17.7 Å². The molecule has 0 aliphatic heterocycles. The molecule has 0 unspecified atom stereocenters. The summed E-state index contributed by atoms with van der Waals surface area (Å²) in [6, 6.07) is 6.32. The SMILES string of the molecule is CCC(=NCc1ccccc1F)/C(N)=C(\N)C(=O)OC. The van der Waals surface area contributed by atoms with E-state index in [1.165, 1.54) is 13.2 Å². The molecule has 20 heavy (non-hydrogen) atoms. The molecule has 0 amide bonds. The van der Waals surface area contributed by atoms with E-state index in [2.05, 4.69) is 9.73 Å². The van der Waals surface area contributed by atoms with Crippen molar-refractivity contribution in [3.63, 3.8) is 0 Å². The maximum absolute atomic E-state index is 13.5. The minimum Gasteiger partial charge on any atom is -0.464 e. The molecule has 108 valence electrons. The van der Waals surface area contributed by atoms with Crippen LogP contribution in [0.3, 0.4) is 0 Å². The summed E-state index contributed by atoms with van der Waals surface area (Å²) in [5, 5.41) is 0. The van der Waals surface area contributed by atoms with Crippen molar-refractivity contribution in [1.82, 2.24) is 0 Å². The third-order valence-electron chi connectivity index (χ3n) is 2.74. The number of nitrogens with two attached hydrogens (primary N) is 2. The normalized spacial score (nSPS) is 12.8. The number of hydrogen-bond donors (Lipinski definition) is 2. The molecule has 6 heteroatoms. The molecule has 0 saturated carbocycles. The Morgan fingerprint density at radius 3 is 2.50 bits per heavy atom. The maximum Gasteiger partial charge on any atom is 0.356 e. The van der Waals surface area contributed by atoms with Crippen LogP contribution in [0.5, 0.6) is 0 Å². The summed E-state index contributed by atoms with van der Waals surface area (Å²) in [4.78, 5) is 15.5. The quantitative estimate of drug-likeness (QED) is 0.485. The van der Waals surface area contributed by atoms with Gasteiger partial charge in [-0.2, -0.15) is 0 Å². The van der Waals surface area contributed by atoms with E-state index < -0.39 is 5.97 Å². The molecule has 0 spiro atoms. The average molecular weight is 279 g/mol. The first-order valence-electron chi connectivity index (χ1n) is 6.11. The van der Waals surface area contributed by atoms with Crippen LogP contribution in [0.1, 0.15) is 18.9 Å². The first-order chi connectivity index (χ1) is 9.51. The summed E-state index contributed by atoms with van der Waals surface area (Å²) in [6.45, 7) is 1.95. The van der Waals surface area contributed by atoms with Gasteiger partial charge in [0.25, 0.3) is 0 Å². The minimum atomic E-state index is -0.713. The molecule has 5 nitrogen and oxygen atoms in total. The summed E-state index contributed by atoms with van der Waals surface area (Å²) < 4.78 is 18.0. The number of halogens is 1. The lowest BCUT2D eigenvalue weighted by atomic mass is 10.1. The van der Waals surface area contributed by atoms with E-state index in [9.17, 15) is 9.18 Å². The van der Waals surface area contributed by atoms with Gasteiger partial charge in [0.05, 0.1) is 25.1 Å². The van der Waals surface area contributed by atoms with Gasteiger partial charge in [-0.1, -0.05) is 25.1 Å². The highest BCUT2D eigenvalue weighted by Crippen LogP contribution is 2.09. The number of aliphatic imine (C=N–C) groups is 1. The molecule has 1 aromatic carbocycles. The number of ether oxygens (including phenoxy) is 1. The van der Waals surface area contributed by atoms with Crippen molar-refractivity contribution in [2.45, 2.75) is 19.9 Å². The third-order valence-corrected chi connectivity index (χ3v) is 2.74. The van der Waals surface area contributed by atoms with Crippen molar-refractivity contribution in [3.05, 3.63) is 47.0 Å². The van der Waals surface area contributed by atoms with Gasteiger partial charge in [0.15, 0.2) is 0 Å². The molecule has 4 N–H and O–H groups in total. The van der Waals surface area contributed by atoms with Crippen molar-refractivity contribution in [2.75, 3.05) is 7.11 Å².